The Morgan fingerprint density at radius 3 is 2.70 bits per heavy atom. The Morgan fingerprint density at radius 1 is 1.55 bits per heavy atom. The van der Waals surface area contributed by atoms with Crippen LogP contribution in [0, 0.1) is 6.92 Å². The van der Waals surface area contributed by atoms with Gasteiger partial charge in [0.05, 0.1) is 21.5 Å². The molecular weight excluding hydrogens is 280 g/mol. The van der Waals surface area contributed by atoms with E-state index < -0.39 is 37.6 Å². The number of aromatic nitrogens is 2. The second-order valence-corrected chi connectivity index (χ2v) is 8.76. The van der Waals surface area contributed by atoms with E-state index in [4.69, 9.17) is 4.74 Å². The molecule has 20 heavy (non-hydrogen) atoms. The first kappa shape index (κ1) is 15.2. The molecule has 1 aliphatic rings. The van der Waals surface area contributed by atoms with Crippen molar-refractivity contribution in [3.05, 3.63) is 32.6 Å². The van der Waals surface area contributed by atoms with Crippen molar-refractivity contribution >= 4 is 8.80 Å². The zero-order chi connectivity index (χ0) is 15.1. The highest BCUT2D eigenvalue weighted by atomic mass is 28.3. The molecule has 1 fully saturated rings. The van der Waals surface area contributed by atoms with Gasteiger partial charge in [-0.3, -0.25) is 14.3 Å². The molecule has 3 atom stereocenters. The number of hydrogen-bond donors (Lipinski definition) is 3. The standard InChI is InChI=1S/C12H20N2O5Si/c1-7-5-14(11(18)13-10(7)17)12(20(2)3)4-8(16)9(6-15)19-12/h5,8-9,15-16,20H,4,6H2,1-3H3,(H,13,17,18)/t8-,9+,12-/m0/s1. The van der Waals surface area contributed by atoms with Crippen LogP contribution in [0.15, 0.2) is 15.8 Å². The second kappa shape index (κ2) is 5.28. The van der Waals surface area contributed by atoms with E-state index >= 15 is 0 Å². The van der Waals surface area contributed by atoms with Gasteiger partial charge in [0.1, 0.15) is 11.5 Å². The molecule has 3 N–H and O–H groups in total. The maximum Gasteiger partial charge on any atom is 0.330 e. The molecule has 2 rings (SSSR count). The molecule has 0 amide bonds. The Kier molecular flexibility index (Phi) is 4.01. The van der Waals surface area contributed by atoms with Crippen LogP contribution >= 0.6 is 0 Å². The van der Waals surface area contributed by atoms with Crippen molar-refractivity contribution in [3.8, 4) is 0 Å². The SMILES string of the molecule is Cc1cn([C@@]2([SiH](C)C)C[C@H](O)[C@@H](CO)O2)c(=O)[nH]c1=O. The van der Waals surface area contributed by atoms with Gasteiger partial charge >= 0.3 is 5.69 Å². The van der Waals surface area contributed by atoms with Crippen molar-refractivity contribution in [1.82, 2.24) is 9.55 Å². The molecule has 1 aliphatic heterocycles. The summed E-state index contributed by atoms with van der Waals surface area (Å²) in [6, 6.07) is 0. The van der Waals surface area contributed by atoms with Crippen LogP contribution in [-0.2, 0) is 10.1 Å². The molecule has 0 radical (unpaired) electrons. The molecule has 0 saturated carbocycles. The van der Waals surface area contributed by atoms with Gasteiger partial charge in [-0.25, -0.2) is 4.79 Å². The number of nitrogens with zero attached hydrogens (tertiary/aromatic N) is 1. The number of aliphatic hydroxyl groups is 2. The summed E-state index contributed by atoms with van der Waals surface area (Å²) in [5.41, 5.74) is -0.569. The monoisotopic (exact) mass is 300 g/mol. The molecule has 1 aromatic heterocycles. The van der Waals surface area contributed by atoms with Gasteiger partial charge in [0.15, 0.2) is 0 Å². The maximum absolute atomic E-state index is 12.1. The van der Waals surface area contributed by atoms with Gasteiger partial charge in [0.25, 0.3) is 5.56 Å². The lowest BCUT2D eigenvalue weighted by atomic mass is 10.2. The summed E-state index contributed by atoms with van der Waals surface area (Å²) in [5, 5.41) is 18.3. The molecule has 7 nitrogen and oxygen atoms in total. The van der Waals surface area contributed by atoms with E-state index in [1.807, 2.05) is 13.1 Å². The molecule has 1 aromatic rings. The van der Waals surface area contributed by atoms with E-state index in [1.165, 1.54) is 10.8 Å². The van der Waals surface area contributed by atoms with Crippen LogP contribution < -0.4 is 11.2 Å². The number of nitrogens with one attached hydrogen (secondary N) is 1. The van der Waals surface area contributed by atoms with Gasteiger partial charge in [-0.15, -0.1) is 0 Å². The number of aliphatic hydroxyl groups excluding tert-OH is 2. The minimum atomic E-state index is -1.59. The van der Waals surface area contributed by atoms with Gasteiger partial charge in [-0.05, 0) is 6.92 Å². The third-order valence-corrected chi connectivity index (χ3v) is 6.35. The number of hydrogen-bond acceptors (Lipinski definition) is 5. The van der Waals surface area contributed by atoms with E-state index in [0.29, 0.717) is 5.56 Å². The van der Waals surface area contributed by atoms with E-state index in [9.17, 15) is 19.8 Å². The van der Waals surface area contributed by atoms with E-state index in [2.05, 4.69) is 4.98 Å². The molecule has 0 aliphatic carbocycles. The fourth-order valence-electron chi connectivity index (χ4n) is 2.63. The summed E-state index contributed by atoms with van der Waals surface area (Å²) in [5.74, 6) is 0. The molecular formula is C12H20N2O5Si. The first-order valence-electron chi connectivity index (χ1n) is 6.61. The third kappa shape index (κ3) is 2.28. The minimum Gasteiger partial charge on any atom is -0.394 e. The lowest BCUT2D eigenvalue weighted by Crippen LogP contribution is -2.52. The summed E-state index contributed by atoms with van der Waals surface area (Å²) in [6.07, 6.45) is 0.187. The summed E-state index contributed by atoms with van der Waals surface area (Å²) < 4.78 is 7.21. The minimum absolute atomic E-state index is 0.244. The number of rotatable bonds is 3. The number of aromatic amines is 1. The summed E-state index contributed by atoms with van der Waals surface area (Å²) in [4.78, 5) is 25.8. The quantitative estimate of drug-likeness (QED) is 0.600. The van der Waals surface area contributed by atoms with Crippen LogP contribution in [0.5, 0.6) is 0 Å². The van der Waals surface area contributed by atoms with E-state index in [0.717, 1.165) is 0 Å². The summed E-state index contributed by atoms with van der Waals surface area (Å²) >= 11 is 0. The Morgan fingerprint density at radius 2 is 2.20 bits per heavy atom. The van der Waals surface area contributed by atoms with Crippen molar-refractivity contribution < 1.29 is 14.9 Å². The molecule has 0 bridgehead atoms. The second-order valence-electron chi connectivity index (χ2n) is 5.55. The van der Waals surface area contributed by atoms with E-state index in [1.54, 1.807) is 6.92 Å². The molecule has 1 saturated heterocycles. The van der Waals surface area contributed by atoms with Gasteiger partial charge in [-0.1, -0.05) is 13.1 Å². The Balaban J connectivity index is 2.59. The van der Waals surface area contributed by atoms with Crippen LogP contribution in [0.1, 0.15) is 12.0 Å². The van der Waals surface area contributed by atoms with Gasteiger partial charge in [0, 0.05) is 18.2 Å². The molecule has 0 unspecified atom stereocenters. The number of H-pyrrole nitrogens is 1. The van der Waals surface area contributed by atoms with Crippen LogP contribution in [0.2, 0.25) is 13.1 Å². The van der Waals surface area contributed by atoms with Crippen LogP contribution in [0.25, 0.3) is 0 Å². The highest BCUT2D eigenvalue weighted by molar-refractivity contribution is 6.58. The van der Waals surface area contributed by atoms with Gasteiger partial charge < -0.3 is 14.9 Å². The largest absolute Gasteiger partial charge is 0.394 e. The predicted molar refractivity (Wildman–Crippen MR) is 75.5 cm³/mol. The molecule has 112 valence electrons. The average Bonchev–Trinajstić information content (AvgIpc) is 2.72. The van der Waals surface area contributed by atoms with Gasteiger partial charge in [-0.2, -0.15) is 0 Å². The van der Waals surface area contributed by atoms with Crippen molar-refractivity contribution in [1.29, 1.82) is 0 Å². The van der Waals surface area contributed by atoms with Crippen molar-refractivity contribution in [2.75, 3.05) is 6.61 Å². The Labute approximate surface area is 117 Å². The van der Waals surface area contributed by atoms with Gasteiger partial charge in [0.2, 0.25) is 0 Å². The first-order valence-corrected chi connectivity index (χ1v) is 9.50. The van der Waals surface area contributed by atoms with Crippen LogP contribution in [0.4, 0.5) is 0 Å². The maximum atomic E-state index is 12.1. The third-order valence-electron chi connectivity index (χ3n) is 3.90. The lowest BCUT2D eigenvalue weighted by Gasteiger charge is -2.34. The lowest BCUT2D eigenvalue weighted by molar-refractivity contribution is -0.0735. The smallest absolute Gasteiger partial charge is 0.330 e. The van der Waals surface area contributed by atoms with Crippen molar-refractivity contribution in [2.24, 2.45) is 0 Å². The Bertz CT molecular complexity index is 611. The summed E-state index contributed by atoms with van der Waals surface area (Å²) in [6.45, 7) is 5.30. The molecule has 0 spiro atoms. The normalized spacial score (nSPS) is 30.1. The van der Waals surface area contributed by atoms with Crippen molar-refractivity contribution in [2.45, 2.75) is 44.0 Å². The van der Waals surface area contributed by atoms with Crippen LogP contribution in [-0.4, -0.2) is 47.4 Å². The Hall–Kier alpha value is -1.22. The van der Waals surface area contributed by atoms with Crippen LogP contribution in [0.3, 0.4) is 0 Å². The zero-order valence-electron chi connectivity index (χ0n) is 11.8. The number of aryl methyl sites for hydroxylation is 1. The molecule has 2 heterocycles. The topological polar surface area (TPSA) is 105 Å². The zero-order valence-corrected chi connectivity index (χ0v) is 12.9. The fourth-order valence-corrected chi connectivity index (χ4v) is 4.54. The predicted octanol–water partition coefficient (Wildman–Crippen LogP) is -1.33. The summed E-state index contributed by atoms with van der Waals surface area (Å²) in [7, 11) is -1.59. The van der Waals surface area contributed by atoms with Crippen molar-refractivity contribution in [3.63, 3.8) is 0 Å². The van der Waals surface area contributed by atoms with E-state index in [-0.39, 0.29) is 13.0 Å². The first-order chi connectivity index (χ1) is 9.31. The highest BCUT2D eigenvalue weighted by Crippen LogP contribution is 2.36. The molecule has 0 aromatic carbocycles. The highest BCUT2D eigenvalue weighted by Gasteiger charge is 2.50. The molecule has 8 heteroatoms. The average molecular weight is 300 g/mol. The fraction of sp³-hybridized carbons (Fsp3) is 0.667. The number of ether oxygens (including phenoxy) is 1.